The van der Waals surface area contributed by atoms with Crippen LogP contribution in [0.25, 0.3) is 0 Å². The molecule has 0 aromatic heterocycles. The highest BCUT2D eigenvalue weighted by Crippen LogP contribution is 2.36. The largest absolute Gasteiger partial charge is 0.294 e. The topological polar surface area (TPSA) is 54.4 Å². The fraction of sp³-hybridized carbons (Fsp3) is 0.684. The first-order valence-corrected chi connectivity index (χ1v) is 11.1. The first-order valence-electron chi connectivity index (χ1n) is 9.10. The fourth-order valence-electron chi connectivity index (χ4n) is 2.55. The van der Waals surface area contributed by atoms with Crippen LogP contribution in [0.15, 0.2) is 35.2 Å². The maximum Gasteiger partial charge on any atom is 0.294 e. The molecule has 24 heavy (non-hydrogen) atoms. The summed E-state index contributed by atoms with van der Waals surface area (Å²) in [5.74, 6) is 0. The first kappa shape index (κ1) is 23.6. The predicted octanol–water partition coefficient (Wildman–Crippen LogP) is 6.10. The van der Waals surface area contributed by atoms with E-state index in [0.29, 0.717) is 5.16 Å². The van der Waals surface area contributed by atoms with Crippen LogP contribution in [0.2, 0.25) is 0 Å². The van der Waals surface area contributed by atoms with Crippen LogP contribution in [0.5, 0.6) is 0 Å². The van der Waals surface area contributed by atoms with E-state index < -0.39 is 10.1 Å². The van der Waals surface area contributed by atoms with Gasteiger partial charge in [0.05, 0.1) is 4.90 Å². The highest BCUT2D eigenvalue weighted by molar-refractivity contribution is 7.85. The van der Waals surface area contributed by atoms with Crippen LogP contribution in [-0.2, 0) is 10.1 Å². The molecule has 0 aliphatic rings. The van der Waals surface area contributed by atoms with Gasteiger partial charge in [-0.25, -0.2) is 0 Å². The minimum absolute atomic E-state index is 0.0741. The van der Waals surface area contributed by atoms with Crippen LogP contribution in [0.1, 0.15) is 78.6 Å². The number of rotatable bonds is 10. The molecule has 0 radical (unpaired) electrons. The zero-order valence-electron chi connectivity index (χ0n) is 15.5. The lowest BCUT2D eigenvalue weighted by atomic mass is 9.90. The number of hydrogen-bond donors (Lipinski definition) is 1. The fourth-order valence-corrected chi connectivity index (χ4v) is 3.67. The Morgan fingerprint density at radius 1 is 0.875 bits per heavy atom. The van der Waals surface area contributed by atoms with Crippen molar-refractivity contribution in [1.82, 2.24) is 0 Å². The number of benzene rings is 1. The molecule has 1 aromatic carbocycles. The van der Waals surface area contributed by atoms with E-state index in [9.17, 15) is 8.42 Å². The Kier molecular flexibility index (Phi) is 12.6. The third-order valence-electron chi connectivity index (χ3n) is 4.13. The van der Waals surface area contributed by atoms with E-state index in [4.69, 9.17) is 4.55 Å². The van der Waals surface area contributed by atoms with E-state index >= 15 is 0 Å². The van der Waals surface area contributed by atoms with Crippen molar-refractivity contribution in [2.24, 2.45) is 0 Å². The van der Waals surface area contributed by atoms with Gasteiger partial charge in [0.1, 0.15) is 0 Å². The van der Waals surface area contributed by atoms with Gasteiger partial charge in [0.2, 0.25) is 0 Å². The Morgan fingerprint density at radius 3 is 1.50 bits per heavy atom. The highest BCUT2D eigenvalue weighted by atomic mass is 32.2. The summed E-state index contributed by atoms with van der Waals surface area (Å²) in [7, 11) is -0.837. The van der Waals surface area contributed by atoms with E-state index in [2.05, 4.69) is 30.0 Å². The number of hydrogen-bond acceptors (Lipinski definition) is 2. The van der Waals surface area contributed by atoms with Crippen molar-refractivity contribution in [2.75, 3.05) is 0 Å². The summed E-state index contributed by atoms with van der Waals surface area (Å²) in [6.45, 7) is 6.89. The second kappa shape index (κ2) is 12.9. The van der Waals surface area contributed by atoms with E-state index in [-0.39, 0.29) is 4.90 Å². The molecule has 1 atom stereocenters. The second-order valence-electron chi connectivity index (χ2n) is 6.46. The lowest BCUT2D eigenvalue weighted by Gasteiger charge is -2.29. The van der Waals surface area contributed by atoms with E-state index in [1.165, 1.54) is 69.9 Å². The summed E-state index contributed by atoms with van der Waals surface area (Å²) in [5.41, 5.74) is 0. The SMILES string of the molecule is CCCCC(P)(CCCC)CCCC.O=S(=O)(O)c1ccccc1. The summed E-state index contributed by atoms with van der Waals surface area (Å²) < 4.78 is 29.2. The average Bonchev–Trinajstić information content (AvgIpc) is 2.57. The van der Waals surface area contributed by atoms with Crippen molar-refractivity contribution in [1.29, 1.82) is 0 Å². The molecule has 0 heterocycles. The molecular formula is C19H35O3PS. The van der Waals surface area contributed by atoms with Gasteiger partial charge in [0.25, 0.3) is 10.1 Å². The lowest BCUT2D eigenvalue weighted by Crippen LogP contribution is -2.20. The quantitative estimate of drug-likeness (QED) is 0.397. The van der Waals surface area contributed by atoms with Gasteiger partial charge < -0.3 is 0 Å². The zero-order valence-corrected chi connectivity index (χ0v) is 17.5. The standard InChI is InChI=1S/C13H29P.C6H6O3S/c1-4-7-10-13(14,11-8-5-2)12-9-6-3;7-10(8,9)6-4-2-1-3-5-6/h4-12,14H2,1-3H3;1-5H,(H,7,8,9). The molecule has 1 N–H and O–H groups in total. The second-order valence-corrected chi connectivity index (χ2v) is 9.11. The van der Waals surface area contributed by atoms with Gasteiger partial charge in [-0.2, -0.15) is 8.42 Å². The molecule has 0 spiro atoms. The Morgan fingerprint density at radius 2 is 1.25 bits per heavy atom. The molecule has 0 saturated carbocycles. The van der Waals surface area contributed by atoms with Gasteiger partial charge in [-0.1, -0.05) is 77.5 Å². The van der Waals surface area contributed by atoms with Crippen molar-refractivity contribution in [3.05, 3.63) is 30.3 Å². The maximum absolute atomic E-state index is 10.4. The van der Waals surface area contributed by atoms with Crippen molar-refractivity contribution < 1.29 is 13.0 Å². The van der Waals surface area contributed by atoms with Gasteiger partial charge in [-0.3, -0.25) is 4.55 Å². The minimum Gasteiger partial charge on any atom is -0.282 e. The van der Waals surface area contributed by atoms with E-state index in [1.54, 1.807) is 18.2 Å². The highest BCUT2D eigenvalue weighted by Gasteiger charge is 2.22. The van der Waals surface area contributed by atoms with Crippen LogP contribution in [0.4, 0.5) is 0 Å². The molecule has 1 aromatic rings. The molecule has 0 fully saturated rings. The molecule has 0 saturated heterocycles. The van der Waals surface area contributed by atoms with Crippen molar-refractivity contribution >= 4 is 19.4 Å². The minimum atomic E-state index is -4.00. The van der Waals surface area contributed by atoms with Crippen LogP contribution in [0, 0.1) is 0 Å². The van der Waals surface area contributed by atoms with Crippen molar-refractivity contribution in [2.45, 2.75) is 88.6 Å². The van der Waals surface area contributed by atoms with Gasteiger partial charge in [0, 0.05) is 0 Å². The molecule has 0 aliphatic carbocycles. The van der Waals surface area contributed by atoms with Crippen molar-refractivity contribution in [3.8, 4) is 0 Å². The summed E-state index contributed by atoms with van der Waals surface area (Å²) >= 11 is 0. The predicted molar refractivity (Wildman–Crippen MR) is 107 cm³/mol. The first-order chi connectivity index (χ1) is 11.3. The Bertz CT molecular complexity index is 493. The Labute approximate surface area is 151 Å². The van der Waals surface area contributed by atoms with E-state index in [1.807, 2.05) is 0 Å². The summed E-state index contributed by atoms with van der Waals surface area (Å²) in [6.07, 6.45) is 12.5. The van der Waals surface area contributed by atoms with Gasteiger partial charge in [-0.15, -0.1) is 9.24 Å². The molecule has 0 aliphatic heterocycles. The van der Waals surface area contributed by atoms with Crippen LogP contribution in [0.3, 0.4) is 0 Å². The number of unbranched alkanes of at least 4 members (excludes halogenated alkanes) is 3. The van der Waals surface area contributed by atoms with E-state index in [0.717, 1.165) is 0 Å². The maximum atomic E-state index is 10.4. The molecule has 0 amide bonds. The normalized spacial score (nSPS) is 11.7. The Balaban J connectivity index is 0.000000463. The third kappa shape index (κ3) is 11.2. The van der Waals surface area contributed by atoms with Crippen LogP contribution in [-0.4, -0.2) is 18.1 Å². The molecule has 0 bridgehead atoms. The smallest absolute Gasteiger partial charge is 0.282 e. The summed E-state index contributed by atoms with van der Waals surface area (Å²) in [4.78, 5) is -0.0741. The molecule has 1 unspecified atom stereocenters. The average molecular weight is 375 g/mol. The molecule has 5 heteroatoms. The lowest BCUT2D eigenvalue weighted by molar-refractivity contribution is 0.424. The third-order valence-corrected chi connectivity index (χ3v) is 5.86. The van der Waals surface area contributed by atoms with Crippen LogP contribution < -0.4 is 0 Å². The van der Waals surface area contributed by atoms with Crippen molar-refractivity contribution in [3.63, 3.8) is 0 Å². The van der Waals surface area contributed by atoms with Crippen LogP contribution >= 0.6 is 9.24 Å². The molecular weight excluding hydrogens is 339 g/mol. The van der Waals surface area contributed by atoms with Gasteiger partial charge in [-0.05, 0) is 36.6 Å². The molecule has 140 valence electrons. The zero-order chi connectivity index (χ0) is 18.5. The van der Waals surface area contributed by atoms with Gasteiger partial charge >= 0.3 is 0 Å². The van der Waals surface area contributed by atoms with Gasteiger partial charge in [0.15, 0.2) is 0 Å². The molecule has 1 rings (SSSR count). The molecule has 3 nitrogen and oxygen atoms in total. The summed E-state index contributed by atoms with van der Waals surface area (Å²) in [6, 6.07) is 7.42. The monoisotopic (exact) mass is 374 g/mol. The summed E-state index contributed by atoms with van der Waals surface area (Å²) in [5, 5.41) is 0.571. The Hall–Kier alpha value is -0.440.